The molecule has 222 valence electrons. The molecule has 4 atom stereocenters. The zero-order valence-corrected chi connectivity index (χ0v) is 23.7. The van der Waals surface area contributed by atoms with E-state index in [9.17, 15) is 39.6 Å². The lowest BCUT2D eigenvalue weighted by Gasteiger charge is -2.50. The highest BCUT2D eigenvalue weighted by Gasteiger charge is 2.64. The summed E-state index contributed by atoms with van der Waals surface area (Å²) in [6.07, 6.45) is -0.347. The number of amides is 1. The van der Waals surface area contributed by atoms with E-state index in [4.69, 9.17) is 5.73 Å². The summed E-state index contributed by atoms with van der Waals surface area (Å²) in [7, 11) is 2.99. The van der Waals surface area contributed by atoms with E-state index in [2.05, 4.69) is 5.32 Å². The molecule has 0 unspecified atom stereocenters. The van der Waals surface area contributed by atoms with Gasteiger partial charge in [-0.3, -0.25) is 24.1 Å². The van der Waals surface area contributed by atoms with Crippen molar-refractivity contribution in [2.45, 2.75) is 63.6 Å². The van der Waals surface area contributed by atoms with Gasteiger partial charge < -0.3 is 31.5 Å². The number of Topliss-reactive ketones (excluding diaryl/α,β-unsaturated/α-hetero) is 3. The normalized spacial score (nSPS) is 26.2. The van der Waals surface area contributed by atoms with Crippen LogP contribution in [0, 0.1) is 17.7 Å². The second kappa shape index (κ2) is 10.3. The molecule has 1 aromatic carbocycles. The van der Waals surface area contributed by atoms with Crippen molar-refractivity contribution in [3.63, 3.8) is 0 Å². The van der Waals surface area contributed by atoms with E-state index in [-0.39, 0.29) is 65.8 Å². The first-order chi connectivity index (χ1) is 18.9. The number of benzene rings is 1. The number of primary amides is 1. The number of likely N-dealkylation sites (N-methyl/N-ethyl adjacent to an activating group) is 1. The second-order valence-electron chi connectivity index (χ2n) is 12.3. The van der Waals surface area contributed by atoms with Crippen LogP contribution in [0.1, 0.15) is 50.3 Å². The second-order valence-corrected chi connectivity index (χ2v) is 12.3. The number of ketones is 3. The van der Waals surface area contributed by atoms with Crippen LogP contribution >= 0.6 is 0 Å². The fraction of sp³-hybridized carbons (Fsp3) is 0.517. The van der Waals surface area contributed by atoms with Crippen LogP contribution in [0.2, 0.25) is 0 Å². The molecule has 41 heavy (non-hydrogen) atoms. The van der Waals surface area contributed by atoms with Crippen molar-refractivity contribution in [3.05, 3.63) is 45.5 Å². The minimum Gasteiger partial charge on any atom is -0.508 e. The number of aliphatic hydroxyl groups excluding tert-OH is 2. The van der Waals surface area contributed by atoms with Gasteiger partial charge in [-0.05, 0) is 71.7 Å². The van der Waals surface area contributed by atoms with Gasteiger partial charge in [-0.2, -0.15) is 0 Å². The number of halogens is 1. The Morgan fingerprint density at radius 3 is 2.39 bits per heavy atom. The molecule has 3 aliphatic rings. The van der Waals surface area contributed by atoms with Crippen LogP contribution in [-0.4, -0.2) is 86.4 Å². The molecule has 11 nitrogen and oxygen atoms in total. The number of fused-ring (bicyclic) bond motifs is 3. The standard InChI is InChI=1S/C29H36FN3O8/c1-28(2,3)32-11-14(34)7-6-12-10-17(30)15-8-13-9-16-21(33(4)5)24(37)20(27(31)40)26(39)29(16,41)25(38)18(13)23(36)19(15)22(12)35/h10,13,16,21,32,35-36,39,41H,6-9,11H2,1-5H3,(H2,31,40)/t13-,16-,21-,29-/m0/s1. The number of carbonyl (C=O) groups excluding carboxylic acids is 4. The predicted molar refractivity (Wildman–Crippen MR) is 145 cm³/mol. The molecular weight excluding hydrogens is 537 g/mol. The molecule has 3 aliphatic carbocycles. The van der Waals surface area contributed by atoms with Gasteiger partial charge in [-0.1, -0.05) is 0 Å². The molecule has 0 aromatic heterocycles. The van der Waals surface area contributed by atoms with Crippen molar-refractivity contribution in [2.24, 2.45) is 17.6 Å². The van der Waals surface area contributed by atoms with Gasteiger partial charge in [0.1, 0.15) is 34.4 Å². The summed E-state index contributed by atoms with van der Waals surface area (Å²) in [6.45, 7) is 5.77. The first-order valence-corrected chi connectivity index (χ1v) is 13.4. The molecule has 0 spiro atoms. The van der Waals surface area contributed by atoms with Crippen molar-refractivity contribution in [3.8, 4) is 5.75 Å². The minimum atomic E-state index is -2.78. The summed E-state index contributed by atoms with van der Waals surface area (Å²) < 4.78 is 15.4. The monoisotopic (exact) mass is 573 g/mol. The minimum absolute atomic E-state index is 0.0241. The maximum absolute atomic E-state index is 15.4. The number of rotatable bonds is 7. The van der Waals surface area contributed by atoms with Crippen molar-refractivity contribution >= 4 is 29.0 Å². The number of hydrogen-bond donors (Lipinski definition) is 6. The number of carbonyl (C=O) groups is 4. The van der Waals surface area contributed by atoms with Crippen LogP contribution in [0.15, 0.2) is 23.0 Å². The van der Waals surface area contributed by atoms with Gasteiger partial charge in [-0.15, -0.1) is 0 Å². The molecule has 1 fully saturated rings. The molecule has 4 rings (SSSR count). The third-order valence-corrected chi connectivity index (χ3v) is 8.23. The Balaban J connectivity index is 1.78. The molecule has 0 saturated heterocycles. The van der Waals surface area contributed by atoms with E-state index >= 15 is 4.39 Å². The Bertz CT molecular complexity index is 1420. The number of nitrogens with zero attached hydrogens (tertiary/aromatic N) is 1. The average molecular weight is 574 g/mol. The maximum atomic E-state index is 15.4. The number of phenols is 1. The summed E-state index contributed by atoms with van der Waals surface area (Å²) in [4.78, 5) is 52.8. The van der Waals surface area contributed by atoms with Crippen molar-refractivity contribution in [2.75, 3.05) is 20.6 Å². The van der Waals surface area contributed by atoms with Gasteiger partial charge in [0.15, 0.2) is 11.4 Å². The largest absolute Gasteiger partial charge is 0.508 e. The highest BCUT2D eigenvalue weighted by atomic mass is 19.1. The Hall–Kier alpha value is -3.61. The Kier molecular flexibility index (Phi) is 7.65. The summed E-state index contributed by atoms with van der Waals surface area (Å²) in [5.41, 5.74) is 0.630. The summed E-state index contributed by atoms with van der Waals surface area (Å²) in [5.74, 6) is -8.90. The number of aliphatic hydroxyl groups is 3. The van der Waals surface area contributed by atoms with Crippen molar-refractivity contribution in [1.82, 2.24) is 10.2 Å². The third-order valence-electron chi connectivity index (χ3n) is 8.23. The summed E-state index contributed by atoms with van der Waals surface area (Å²) in [6, 6.07) is -0.128. The number of phenolic OH excluding ortho intramolecular Hbond substituents is 1. The molecule has 0 bridgehead atoms. The highest BCUT2D eigenvalue weighted by Crippen LogP contribution is 2.53. The zero-order valence-electron chi connectivity index (χ0n) is 23.7. The van der Waals surface area contributed by atoms with Crippen LogP contribution in [-0.2, 0) is 32.0 Å². The molecule has 0 radical (unpaired) electrons. The number of nitrogens with two attached hydrogens (primary N) is 1. The summed E-state index contributed by atoms with van der Waals surface area (Å²) >= 11 is 0. The van der Waals surface area contributed by atoms with E-state index in [1.807, 2.05) is 20.8 Å². The average Bonchev–Trinajstić information content (AvgIpc) is 2.85. The lowest BCUT2D eigenvalue weighted by Crippen LogP contribution is -2.65. The molecule has 0 heterocycles. The van der Waals surface area contributed by atoms with E-state index in [0.29, 0.717) is 0 Å². The zero-order chi connectivity index (χ0) is 30.8. The lowest BCUT2D eigenvalue weighted by molar-refractivity contribution is -0.153. The third kappa shape index (κ3) is 4.93. The summed E-state index contributed by atoms with van der Waals surface area (Å²) in [5, 5.41) is 47.9. The van der Waals surface area contributed by atoms with Gasteiger partial charge in [0.05, 0.1) is 18.2 Å². The Morgan fingerprint density at radius 1 is 1.20 bits per heavy atom. The van der Waals surface area contributed by atoms with Gasteiger partial charge >= 0.3 is 0 Å². The van der Waals surface area contributed by atoms with Crippen LogP contribution in [0.3, 0.4) is 0 Å². The first kappa shape index (κ1) is 30.4. The Morgan fingerprint density at radius 2 is 1.83 bits per heavy atom. The van der Waals surface area contributed by atoms with Crippen LogP contribution in [0.4, 0.5) is 4.39 Å². The number of hydrogen-bond acceptors (Lipinski definition) is 10. The lowest BCUT2D eigenvalue weighted by atomic mass is 9.57. The maximum Gasteiger partial charge on any atom is 0.255 e. The van der Waals surface area contributed by atoms with E-state index in [1.54, 1.807) is 0 Å². The molecule has 0 aliphatic heterocycles. The molecule has 1 saturated carbocycles. The van der Waals surface area contributed by atoms with Crippen LogP contribution < -0.4 is 11.1 Å². The molecule has 12 heteroatoms. The van der Waals surface area contributed by atoms with Crippen LogP contribution in [0.25, 0.3) is 5.76 Å². The Labute approximate surface area is 236 Å². The number of aryl methyl sites for hydroxylation is 1. The SMILES string of the molecule is CN(C)[C@@H]1C(=O)C(C(N)=O)=C(O)[C@@]2(O)C(=O)C3=C(O)c4c(O)c(CCC(=O)CNC(C)(C)C)cc(F)c4C[C@H]3C[C@@H]12. The fourth-order valence-corrected chi connectivity index (χ4v) is 6.24. The van der Waals surface area contributed by atoms with Gasteiger partial charge in [-0.25, -0.2) is 4.39 Å². The molecule has 7 N–H and O–H groups in total. The van der Waals surface area contributed by atoms with Gasteiger partial charge in [0, 0.05) is 29.0 Å². The van der Waals surface area contributed by atoms with Gasteiger partial charge in [0.2, 0.25) is 5.78 Å². The van der Waals surface area contributed by atoms with Crippen LogP contribution in [0.5, 0.6) is 5.75 Å². The van der Waals surface area contributed by atoms with E-state index in [0.717, 1.165) is 6.07 Å². The molecule has 1 aromatic rings. The fourth-order valence-electron chi connectivity index (χ4n) is 6.24. The predicted octanol–water partition coefficient (Wildman–Crippen LogP) is 0.993. The number of nitrogens with one attached hydrogen (secondary N) is 1. The van der Waals surface area contributed by atoms with Gasteiger partial charge in [0.25, 0.3) is 5.91 Å². The first-order valence-electron chi connectivity index (χ1n) is 13.4. The van der Waals surface area contributed by atoms with Crippen molar-refractivity contribution < 1.29 is 44.0 Å². The van der Waals surface area contributed by atoms with E-state index < -0.39 is 69.6 Å². The topological polar surface area (TPSA) is 190 Å². The quantitative estimate of drug-likeness (QED) is 0.257. The number of aromatic hydroxyl groups is 1. The highest BCUT2D eigenvalue weighted by molar-refractivity contribution is 6.24. The van der Waals surface area contributed by atoms with Crippen molar-refractivity contribution in [1.29, 1.82) is 0 Å². The van der Waals surface area contributed by atoms with E-state index in [1.165, 1.54) is 19.0 Å². The smallest absolute Gasteiger partial charge is 0.255 e. The molecular formula is C29H36FN3O8. The molecule has 1 amide bonds.